The highest BCUT2D eigenvalue weighted by atomic mass is 16.5. The molecule has 21 heavy (non-hydrogen) atoms. The normalized spacial score (nSPS) is 13.8. The van der Waals surface area contributed by atoms with Gasteiger partial charge in [0.1, 0.15) is 11.3 Å². The van der Waals surface area contributed by atoms with E-state index in [1.807, 2.05) is 6.07 Å². The third-order valence-electron chi connectivity index (χ3n) is 3.72. The molecular formula is C18H28N2O. The molecule has 3 heteroatoms. The summed E-state index contributed by atoms with van der Waals surface area (Å²) < 4.78 is 5.84. The lowest BCUT2D eigenvalue weighted by Crippen LogP contribution is -2.47. The van der Waals surface area contributed by atoms with Crippen LogP contribution in [0.1, 0.15) is 51.2 Å². The zero-order valence-electron chi connectivity index (χ0n) is 14.0. The quantitative estimate of drug-likeness (QED) is 0.731. The summed E-state index contributed by atoms with van der Waals surface area (Å²) >= 11 is 0. The summed E-state index contributed by atoms with van der Waals surface area (Å²) in [5.74, 6) is 0.941. The average molecular weight is 288 g/mol. The van der Waals surface area contributed by atoms with Crippen LogP contribution in [0.5, 0.6) is 5.75 Å². The summed E-state index contributed by atoms with van der Waals surface area (Å²) in [6, 6.07) is 8.97. The van der Waals surface area contributed by atoms with Gasteiger partial charge in [-0.15, -0.1) is 0 Å². The van der Waals surface area contributed by atoms with Gasteiger partial charge in [-0.1, -0.05) is 24.6 Å². The Morgan fingerprint density at radius 3 is 2.57 bits per heavy atom. The number of aryl methyl sites for hydroxylation is 2. The van der Waals surface area contributed by atoms with E-state index in [0.29, 0.717) is 12.6 Å². The lowest BCUT2D eigenvalue weighted by atomic mass is 9.91. The van der Waals surface area contributed by atoms with Crippen LogP contribution in [0.2, 0.25) is 0 Å². The van der Waals surface area contributed by atoms with Crippen molar-refractivity contribution in [2.45, 2.75) is 65.5 Å². The van der Waals surface area contributed by atoms with Crippen LogP contribution in [-0.4, -0.2) is 18.2 Å². The standard InChI is InChI=1S/C18H28N2O/c1-6-18(13-19,20-14(2)3)10-7-11-21-17-9-8-15(4)12-16(17)5/h8-9,12,14,20H,6-7,10-11H2,1-5H3. The number of rotatable bonds is 8. The van der Waals surface area contributed by atoms with Crippen LogP contribution in [0, 0.1) is 25.2 Å². The Kier molecular flexibility index (Phi) is 6.71. The second kappa shape index (κ2) is 8.05. The van der Waals surface area contributed by atoms with E-state index in [9.17, 15) is 5.26 Å². The highest BCUT2D eigenvalue weighted by Crippen LogP contribution is 2.21. The molecule has 1 N–H and O–H groups in total. The second-order valence-corrected chi connectivity index (χ2v) is 6.07. The predicted octanol–water partition coefficient (Wildman–Crippen LogP) is 4.13. The molecule has 0 fully saturated rings. The third kappa shape index (κ3) is 5.40. The molecule has 0 heterocycles. The summed E-state index contributed by atoms with van der Waals surface area (Å²) in [5.41, 5.74) is 1.98. The monoisotopic (exact) mass is 288 g/mol. The van der Waals surface area contributed by atoms with Gasteiger partial charge < -0.3 is 4.74 Å². The van der Waals surface area contributed by atoms with E-state index in [-0.39, 0.29) is 0 Å². The van der Waals surface area contributed by atoms with Crippen molar-refractivity contribution >= 4 is 0 Å². The van der Waals surface area contributed by atoms with E-state index >= 15 is 0 Å². The highest BCUT2D eigenvalue weighted by Gasteiger charge is 2.27. The van der Waals surface area contributed by atoms with Gasteiger partial charge in [-0.2, -0.15) is 5.26 Å². The number of nitrogens with one attached hydrogen (secondary N) is 1. The first kappa shape index (κ1) is 17.5. The Bertz CT molecular complexity index is 490. The van der Waals surface area contributed by atoms with Crippen LogP contribution >= 0.6 is 0 Å². The van der Waals surface area contributed by atoms with Crippen molar-refractivity contribution < 1.29 is 4.74 Å². The maximum absolute atomic E-state index is 9.46. The minimum atomic E-state index is -0.431. The number of hydrogen-bond acceptors (Lipinski definition) is 3. The minimum Gasteiger partial charge on any atom is -0.493 e. The molecule has 0 saturated heterocycles. The zero-order valence-corrected chi connectivity index (χ0v) is 14.0. The van der Waals surface area contributed by atoms with Gasteiger partial charge in [-0.05, 0) is 58.6 Å². The van der Waals surface area contributed by atoms with Gasteiger partial charge >= 0.3 is 0 Å². The van der Waals surface area contributed by atoms with Crippen LogP contribution in [-0.2, 0) is 0 Å². The molecule has 0 amide bonds. The van der Waals surface area contributed by atoms with Crippen LogP contribution in [0.15, 0.2) is 18.2 Å². The first-order chi connectivity index (χ1) is 9.92. The van der Waals surface area contributed by atoms with Gasteiger partial charge in [-0.3, -0.25) is 5.32 Å². The van der Waals surface area contributed by atoms with Crippen molar-refractivity contribution in [2.75, 3.05) is 6.61 Å². The maximum atomic E-state index is 9.46. The molecule has 3 nitrogen and oxygen atoms in total. The SMILES string of the molecule is CCC(C#N)(CCCOc1ccc(C)cc1C)NC(C)C. The molecule has 0 aliphatic heterocycles. The van der Waals surface area contributed by atoms with Gasteiger partial charge in [0.25, 0.3) is 0 Å². The lowest BCUT2D eigenvalue weighted by Gasteiger charge is -2.29. The van der Waals surface area contributed by atoms with Gasteiger partial charge in [0.2, 0.25) is 0 Å². The Labute approximate surface area is 129 Å². The van der Waals surface area contributed by atoms with Crippen molar-refractivity contribution in [3.63, 3.8) is 0 Å². The number of benzene rings is 1. The molecule has 1 aromatic carbocycles. The topological polar surface area (TPSA) is 45.0 Å². The Morgan fingerprint density at radius 1 is 1.33 bits per heavy atom. The van der Waals surface area contributed by atoms with Crippen LogP contribution < -0.4 is 10.1 Å². The van der Waals surface area contributed by atoms with Gasteiger partial charge in [0, 0.05) is 6.04 Å². The number of hydrogen-bond donors (Lipinski definition) is 1. The van der Waals surface area contributed by atoms with Gasteiger partial charge in [0.05, 0.1) is 12.7 Å². The molecule has 1 unspecified atom stereocenters. The molecule has 0 bridgehead atoms. The molecule has 0 saturated carbocycles. The van der Waals surface area contributed by atoms with Gasteiger partial charge in [-0.25, -0.2) is 0 Å². The van der Waals surface area contributed by atoms with E-state index in [0.717, 1.165) is 30.6 Å². The maximum Gasteiger partial charge on any atom is 0.122 e. The fraction of sp³-hybridized carbons (Fsp3) is 0.611. The van der Waals surface area contributed by atoms with Crippen molar-refractivity contribution in [3.05, 3.63) is 29.3 Å². The first-order valence-corrected chi connectivity index (χ1v) is 7.81. The van der Waals surface area contributed by atoms with E-state index in [1.54, 1.807) is 0 Å². The van der Waals surface area contributed by atoms with Gasteiger partial charge in [0.15, 0.2) is 0 Å². The molecular weight excluding hydrogens is 260 g/mol. The van der Waals surface area contributed by atoms with Crippen molar-refractivity contribution in [2.24, 2.45) is 0 Å². The Hall–Kier alpha value is -1.53. The number of nitriles is 1. The molecule has 0 spiro atoms. The lowest BCUT2D eigenvalue weighted by molar-refractivity contribution is 0.268. The highest BCUT2D eigenvalue weighted by molar-refractivity contribution is 5.35. The smallest absolute Gasteiger partial charge is 0.122 e. The molecule has 1 atom stereocenters. The summed E-state index contributed by atoms with van der Waals surface area (Å²) in [6.07, 6.45) is 2.49. The van der Waals surface area contributed by atoms with Crippen LogP contribution in [0.25, 0.3) is 0 Å². The molecule has 0 radical (unpaired) electrons. The van der Waals surface area contributed by atoms with Crippen LogP contribution in [0.4, 0.5) is 0 Å². The molecule has 1 aromatic rings. The zero-order chi connectivity index (χ0) is 15.9. The minimum absolute atomic E-state index is 0.310. The summed E-state index contributed by atoms with van der Waals surface area (Å²) in [6.45, 7) is 11.0. The third-order valence-corrected chi connectivity index (χ3v) is 3.72. The molecule has 116 valence electrons. The van der Waals surface area contributed by atoms with Crippen molar-refractivity contribution in [3.8, 4) is 11.8 Å². The first-order valence-electron chi connectivity index (χ1n) is 7.81. The Balaban J connectivity index is 2.50. The van der Waals surface area contributed by atoms with E-state index in [2.05, 4.69) is 58.1 Å². The largest absolute Gasteiger partial charge is 0.493 e. The average Bonchev–Trinajstić information content (AvgIpc) is 2.43. The summed E-state index contributed by atoms with van der Waals surface area (Å²) in [4.78, 5) is 0. The van der Waals surface area contributed by atoms with E-state index in [1.165, 1.54) is 5.56 Å². The molecule has 0 aliphatic rings. The predicted molar refractivity (Wildman–Crippen MR) is 87.6 cm³/mol. The Morgan fingerprint density at radius 2 is 2.05 bits per heavy atom. The van der Waals surface area contributed by atoms with Crippen LogP contribution in [0.3, 0.4) is 0 Å². The number of nitrogens with zero attached hydrogens (tertiary/aromatic N) is 1. The fourth-order valence-corrected chi connectivity index (χ4v) is 2.59. The van der Waals surface area contributed by atoms with Crippen molar-refractivity contribution in [1.82, 2.24) is 5.32 Å². The van der Waals surface area contributed by atoms with E-state index in [4.69, 9.17) is 4.74 Å². The molecule has 1 rings (SSSR count). The summed E-state index contributed by atoms with van der Waals surface area (Å²) in [5, 5.41) is 12.9. The summed E-state index contributed by atoms with van der Waals surface area (Å²) in [7, 11) is 0. The molecule has 0 aromatic heterocycles. The number of ether oxygens (including phenoxy) is 1. The fourth-order valence-electron chi connectivity index (χ4n) is 2.59. The van der Waals surface area contributed by atoms with E-state index < -0.39 is 5.54 Å². The van der Waals surface area contributed by atoms with Crippen molar-refractivity contribution in [1.29, 1.82) is 5.26 Å². The second-order valence-electron chi connectivity index (χ2n) is 6.07. The molecule has 0 aliphatic carbocycles.